The summed E-state index contributed by atoms with van der Waals surface area (Å²) in [7, 11) is 0. The molecule has 1 aliphatic rings. The molecule has 1 aromatic rings. The predicted octanol–water partition coefficient (Wildman–Crippen LogP) is 2.25. The van der Waals surface area contributed by atoms with Gasteiger partial charge in [-0.2, -0.15) is 0 Å². The lowest BCUT2D eigenvalue weighted by Gasteiger charge is -2.22. The van der Waals surface area contributed by atoms with E-state index in [1.54, 1.807) is 0 Å². The highest BCUT2D eigenvalue weighted by molar-refractivity contribution is 5.05. The van der Waals surface area contributed by atoms with Gasteiger partial charge in [-0.15, -0.1) is 0 Å². The van der Waals surface area contributed by atoms with Crippen LogP contribution in [-0.4, -0.2) is 19.3 Å². The second kappa shape index (κ2) is 5.33. The molecule has 1 saturated heterocycles. The van der Waals surface area contributed by atoms with Crippen LogP contribution in [0.25, 0.3) is 0 Å². The Bertz CT molecular complexity index is 290. The number of hydrogen-bond donors (Lipinski definition) is 1. The summed E-state index contributed by atoms with van der Waals surface area (Å²) in [6, 6.07) is 4.01. The van der Waals surface area contributed by atoms with E-state index in [9.17, 15) is 0 Å². The Morgan fingerprint density at radius 1 is 1.40 bits per heavy atom. The number of hydrogen-bond acceptors (Lipinski definition) is 3. The Morgan fingerprint density at radius 3 is 3.00 bits per heavy atom. The number of rotatable bonds is 4. The molecule has 84 valence electrons. The third-order valence-corrected chi connectivity index (χ3v) is 2.74. The monoisotopic (exact) mass is 209 g/mol. The average molecular weight is 209 g/mol. The van der Waals surface area contributed by atoms with Gasteiger partial charge in [0.05, 0.1) is 12.6 Å². The van der Waals surface area contributed by atoms with Crippen molar-refractivity contribution < 1.29 is 9.15 Å². The van der Waals surface area contributed by atoms with Crippen LogP contribution < -0.4 is 5.32 Å². The molecule has 1 N–H and O–H groups in total. The quantitative estimate of drug-likeness (QED) is 0.826. The van der Waals surface area contributed by atoms with E-state index >= 15 is 0 Å². The van der Waals surface area contributed by atoms with Gasteiger partial charge in [0.15, 0.2) is 0 Å². The molecule has 0 saturated carbocycles. The van der Waals surface area contributed by atoms with Crippen LogP contribution in [0.1, 0.15) is 30.8 Å². The van der Waals surface area contributed by atoms with Crippen LogP contribution >= 0.6 is 0 Å². The highest BCUT2D eigenvalue weighted by Gasteiger charge is 2.12. The minimum atomic E-state index is 0.398. The SMILES string of the molecule is Cc1ccc(CNCC2CCCCO2)o1. The Kier molecular flexibility index (Phi) is 3.80. The standard InChI is InChI=1S/C12H19NO2/c1-10-5-6-12(15-10)9-13-8-11-4-2-3-7-14-11/h5-6,11,13H,2-4,7-9H2,1H3. The van der Waals surface area contributed by atoms with E-state index in [0.29, 0.717) is 6.10 Å². The first-order valence-corrected chi connectivity index (χ1v) is 5.72. The molecule has 0 aromatic carbocycles. The highest BCUT2D eigenvalue weighted by atomic mass is 16.5. The Balaban J connectivity index is 1.65. The summed E-state index contributed by atoms with van der Waals surface area (Å²) in [4.78, 5) is 0. The van der Waals surface area contributed by atoms with E-state index < -0.39 is 0 Å². The van der Waals surface area contributed by atoms with Crippen molar-refractivity contribution in [3.63, 3.8) is 0 Å². The third-order valence-electron chi connectivity index (χ3n) is 2.74. The van der Waals surface area contributed by atoms with Gasteiger partial charge in [0.25, 0.3) is 0 Å². The van der Waals surface area contributed by atoms with Gasteiger partial charge in [0.1, 0.15) is 11.5 Å². The molecule has 1 fully saturated rings. The minimum absolute atomic E-state index is 0.398. The molecule has 0 radical (unpaired) electrons. The zero-order valence-corrected chi connectivity index (χ0v) is 9.29. The van der Waals surface area contributed by atoms with Crippen LogP contribution in [0.15, 0.2) is 16.5 Å². The Hall–Kier alpha value is -0.800. The molecule has 15 heavy (non-hydrogen) atoms. The summed E-state index contributed by atoms with van der Waals surface area (Å²) in [5.74, 6) is 1.98. The van der Waals surface area contributed by atoms with E-state index in [1.165, 1.54) is 19.3 Å². The molecule has 0 aliphatic carbocycles. The predicted molar refractivity (Wildman–Crippen MR) is 58.7 cm³/mol. The van der Waals surface area contributed by atoms with Gasteiger partial charge in [0, 0.05) is 13.2 Å². The molecule has 0 amide bonds. The van der Waals surface area contributed by atoms with Gasteiger partial charge < -0.3 is 14.5 Å². The van der Waals surface area contributed by atoms with E-state index in [-0.39, 0.29) is 0 Å². The number of ether oxygens (including phenoxy) is 1. The van der Waals surface area contributed by atoms with E-state index in [4.69, 9.17) is 9.15 Å². The van der Waals surface area contributed by atoms with Crippen molar-refractivity contribution in [3.8, 4) is 0 Å². The van der Waals surface area contributed by atoms with Crippen molar-refractivity contribution in [1.82, 2.24) is 5.32 Å². The maximum absolute atomic E-state index is 5.63. The van der Waals surface area contributed by atoms with E-state index in [0.717, 1.165) is 31.2 Å². The van der Waals surface area contributed by atoms with Gasteiger partial charge in [-0.25, -0.2) is 0 Å². The van der Waals surface area contributed by atoms with Gasteiger partial charge in [-0.1, -0.05) is 0 Å². The molecule has 3 nitrogen and oxygen atoms in total. The topological polar surface area (TPSA) is 34.4 Å². The largest absolute Gasteiger partial charge is 0.465 e. The van der Waals surface area contributed by atoms with E-state index in [1.807, 2.05) is 19.1 Å². The van der Waals surface area contributed by atoms with Crippen LogP contribution in [0.3, 0.4) is 0 Å². The fourth-order valence-corrected chi connectivity index (χ4v) is 1.90. The van der Waals surface area contributed by atoms with Crippen LogP contribution in [0.2, 0.25) is 0 Å². The molecule has 1 aromatic heterocycles. The van der Waals surface area contributed by atoms with Crippen molar-refractivity contribution in [2.24, 2.45) is 0 Å². The number of aryl methyl sites for hydroxylation is 1. The number of furan rings is 1. The smallest absolute Gasteiger partial charge is 0.117 e. The molecule has 2 rings (SSSR count). The van der Waals surface area contributed by atoms with Gasteiger partial charge in [-0.3, -0.25) is 0 Å². The molecular formula is C12H19NO2. The summed E-state index contributed by atoms with van der Waals surface area (Å²) in [5.41, 5.74) is 0. The zero-order chi connectivity index (χ0) is 10.5. The molecule has 1 unspecified atom stereocenters. The van der Waals surface area contributed by atoms with E-state index in [2.05, 4.69) is 5.32 Å². The normalized spacial score (nSPS) is 21.8. The van der Waals surface area contributed by atoms with Gasteiger partial charge in [0.2, 0.25) is 0 Å². The lowest BCUT2D eigenvalue weighted by molar-refractivity contribution is 0.0165. The summed E-state index contributed by atoms with van der Waals surface area (Å²) in [6.45, 7) is 4.62. The number of nitrogens with one attached hydrogen (secondary N) is 1. The summed E-state index contributed by atoms with van der Waals surface area (Å²) < 4.78 is 11.1. The molecule has 1 atom stereocenters. The fourth-order valence-electron chi connectivity index (χ4n) is 1.90. The minimum Gasteiger partial charge on any atom is -0.465 e. The van der Waals surface area contributed by atoms with Crippen molar-refractivity contribution in [1.29, 1.82) is 0 Å². The van der Waals surface area contributed by atoms with Crippen molar-refractivity contribution in [3.05, 3.63) is 23.7 Å². The average Bonchev–Trinajstić information content (AvgIpc) is 2.66. The first-order chi connectivity index (χ1) is 7.34. The molecule has 0 spiro atoms. The van der Waals surface area contributed by atoms with Crippen LogP contribution in [0.4, 0.5) is 0 Å². The van der Waals surface area contributed by atoms with Crippen LogP contribution in [0, 0.1) is 6.92 Å². The lowest BCUT2D eigenvalue weighted by Crippen LogP contribution is -2.31. The Morgan fingerprint density at radius 2 is 2.33 bits per heavy atom. The van der Waals surface area contributed by atoms with Gasteiger partial charge >= 0.3 is 0 Å². The van der Waals surface area contributed by atoms with Crippen molar-refractivity contribution in [2.45, 2.75) is 38.8 Å². The van der Waals surface area contributed by atoms with Gasteiger partial charge in [-0.05, 0) is 38.3 Å². The molecule has 0 bridgehead atoms. The Labute approximate surface area is 90.8 Å². The third kappa shape index (κ3) is 3.36. The first kappa shape index (κ1) is 10.7. The van der Waals surface area contributed by atoms with Crippen molar-refractivity contribution >= 4 is 0 Å². The molecule has 3 heteroatoms. The molecule has 2 heterocycles. The molecule has 1 aliphatic heterocycles. The maximum Gasteiger partial charge on any atom is 0.117 e. The van der Waals surface area contributed by atoms with Crippen LogP contribution in [0.5, 0.6) is 0 Å². The zero-order valence-electron chi connectivity index (χ0n) is 9.29. The molecular weight excluding hydrogens is 190 g/mol. The first-order valence-electron chi connectivity index (χ1n) is 5.72. The summed E-state index contributed by atoms with van der Waals surface area (Å²) >= 11 is 0. The summed E-state index contributed by atoms with van der Waals surface area (Å²) in [5, 5.41) is 3.37. The summed E-state index contributed by atoms with van der Waals surface area (Å²) in [6.07, 6.45) is 4.10. The van der Waals surface area contributed by atoms with Crippen LogP contribution in [-0.2, 0) is 11.3 Å². The maximum atomic E-state index is 5.63. The lowest BCUT2D eigenvalue weighted by atomic mass is 10.1. The second-order valence-electron chi connectivity index (χ2n) is 4.13. The van der Waals surface area contributed by atoms with Crippen molar-refractivity contribution in [2.75, 3.05) is 13.2 Å². The fraction of sp³-hybridized carbons (Fsp3) is 0.667. The second-order valence-corrected chi connectivity index (χ2v) is 4.13. The highest BCUT2D eigenvalue weighted by Crippen LogP contribution is 2.12.